The molecule has 2 saturated heterocycles. The molecule has 5 aliphatic rings. The van der Waals surface area contributed by atoms with Crippen LogP contribution >= 0.6 is 0 Å². The molecule has 0 unspecified atom stereocenters. The number of hydrazine groups is 1. The lowest BCUT2D eigenvalue weighted by molar-refractivity contribution is -0.141. The first-order valence-corrected chi connectivity index (χ1v) is 11.9. The molecule has 1 N–H and O–H groups in total. The van der Waals surface area contributed by atoms with Gasteiger partial charge in [0.1, 0.15) is 5.82 Å². The zero-order valence-corrected chi connectivity index (χ0v) is 19.1. The number of ether oxygens (including phenoxy) is 1. The molecule has 5 rings (SSSR count). The first-order chi connectivity index (χ1) is 15.4. The minimum absolute atomic E-state index is 0.0224. The number of nitrogens with zero attached hydrogens (tertiary/aromatic N) is 4. The fourth-order valence-corrected chi connectivity index (χ4v) is 5.40. The molecule has 8 heteroatoms. The average molecular weight is 443 g/mol. The summed E-state index contributed by atoms with van der Waals surface area (Å²) in [5.74, 6) is 0.776. The van der Waals surface area contributed by atoms with E-state index >= 15 is 0 Å². The van der Waals surface area contributed by atoms with Gasteiger partial charge in [-0.3, -0.25) is 14.5 Å². The zero-order valence-electron chi connectivity index (χ0n) is 19.1. The number of aliphatic hydroxyl groups excluding tert-OH is 1. The number of carbonyl (C=O) groups excluding carboxylic acids is 2. The number of rotatable bonds is 5. The van der Waals surface area contributed by atoms with Crippen LogP contribution in [0, 0.1) is 11.3 Å². The Labute approximate surface area is 189 Å². The molecule has 4 aliphatic heterocycles. The molecule has 2 amide bonds. The van der Waals surface area contributed by atoms with E-state index in [0.717, 1.165) is 64.0 Å². The van der Waals surface area contributed by atoms with Crippen molar-refractivity contribution in [3.05, 3.63) is 35.5 Å². The molecule has 0 aromatic heterocycles. The maximum atomic E-state index is 13.0. The molecule has 0 aromatic carbocycles. The van der Waals surface area contributed by atoms with Crippen LogP contribution in [0.2, 0.25) is 0 Å². The summed E-state index contributed by atoms with van der Waals surface area (Å²) in [7, 11) is 0. The van der Waals surface area contributed by atoms with Crippen molar-refractivity contribution in [1.29, 1.82) is 0 Å². The second-order valence-electron chi connectivity index (χ2n) is 10.3. The molecule has 0 radical (unpaired) electrons. The number of aliphatic hydroxyl groups is 1. The predicted molar refractivity (Wildman–Crippen MR) is 119 cm³/mol. The Morgan fingerprint density at radius 1 is 1.28 bits per heavy atom. The molecule has 0 atom stereocenters. The van der Waals surface area contributed by atoms with E-state index in [9.17, 15) is 14.7 Å². The Hall–Kier alpha value is -2.32. The second-order valence-corrected chi connectivity index (χ2v) is 10.3. The third-order valence-corrected chi connectivity index (χ3v) is 7.32. The van der Waals surface area contributed by atoms with Crippen molar-refractivity contribution in [1.82, 2.24) is 19.8 Å². The maximum Gasteiger partial charge on any atom is 0.272 e. The van der Waals surface area contributed by atoms with Gasteiger partial charge in [0.2, 0.25) is 5.91 Å². The lowest BCUT2D eigenvalue weighted by Gasteiger charge is -2.38. The van der Waals surface area contributed by atoms with Gasteiger partial charge in [0.15, 0.2) is 5.88 Å². The fourth-order valence-electron chi connectivity index (χ4n) is 5.40. The van der Waals surface area contributed by atoms with Crippen LogP contribution in [0.25, 0.3) is 0 Å². The lowest BCUT2D eigenvalue weighted by atomic mass is 9.80. The number of likely N-dealkylation sites (tertiary alicyclic amines) is 1. The summed E-state index contributed by atoms with van der Waals surface area (Å²) >= 11 is 0. The van der Waals surface area contributed by atoms with Crippen molar-refractivity contribution in [2.24, 2.45) is 11.3 Å². The van der Waals surface area contributed by atoms with Gasteiger partial charge in [-0.05, 0) is 49.5 Å². The maximum absolute atomic E-state index is 13.0. The first-order valence-electron chi connectivity index (χ1n) is 11.9. The smallest absolute Gasteiger partial charge is 0.272 e. The van der Waals surface area contributed by atoms with Gasteiger partial charge in [-0.25, -0.2) is 10.0 Å². The summed E-state index contributed by atoms with van der Waals surface area (Å²) in [4.78, 5) is 29.6. The van der Waals surface area contributed by atoms with E-state index in [1.54, 1.807) is 11.1 Å². The molecule has 0 aromatic rings. The first kappa shape index (κ1) is 21.5. The van der Waals surface area contributed by atoms with Gasteiger partial charge in [-0.15, -0.1) is 0 Å². The zero-order chi connectivity index (χ0) is 22.5. The predicted octanol–water partition coefficient (Wildman–Crippen LogP) is 2.38. The Bertz CT molecular complexity index is 882. The number of amides is 2. The topological polar surface area (TPSA) is 76.6 Å². The minimum atomic E-state index is -0.222. The van der Waals surface area contributed by atoms with E-state index in [1.165, 1.54) is 6.08 Å². The van der Waals surface area contributed by atoms with Gasteiger partial charge in [-0.2, -0.15) is 0 Å². The van der Waals surface area contributed by atoms with E-state index in [4.69, 9.17) is 4.74 Å². The van der Waals surface area contributed by atoms with Crippen LogP contribution in [-0.4, -0.2) is 82.2 Å². The van der Waals surface area contributed by atoms with Crippen LogP contribution in [-0.2, 0) is 14.3 Å². The minimum Gasteiger partial charge on any atom is -0.494 e. The van der Waals surface area contributed by atoms with Gasteiger partial charge in [0.05, 0.1) is 6.08 Å². The summed E-state index contributed by atoms with van der Waals surface area (Å²) in [6.45, 7) is 8.51. The van der Waals surface area contributed by atoms with E-state index in [-0.39, 0.29) is 23.1 Å². The molecule has 8 nitrogen and oxygen atoms in total. The van der Waals surface area contributed by atoms with Crippen molar-refractivity contribution in [3.63, 3.8) is 0 Å². The SMILES string of the molecule is CC(C)CN1C(O)=CC(=O)N2C1=C(/C=C/C(=O)N1CCC3(CCOCC3)C1)CN2C1CC1. The molecular formula is C24H34N4O4. The number of fused-ring (bicyclic) bond motifs is 1. The summed E-state index contributed by atoms with van der Waals surface area (Å²) < 4.78 is 5.52. The Kier molecular flexibility index (Phi) is 5.53. The normalized spacial score (nSPS) is 26.2. The van der Waals surface area contributed by atoms with Gasteiger partial charge >= 0.3 is 0 Å². The van der Waals surface area contributed by atoms with Gasteiger partial charge < -0.3 is 14.7 Å². The van der Waals surface area contributed by atoms with E-state index in [1.807, 2.05) is 15.9 Å². The van der Waals surface area contributed by atoms with Gasteiger partial charge in [0.25, 0.3) is 5.91 Å². The highest BCUT2D eigenvalue weighted by Gasteiger charge is 2.46. The molecule has 1 spiro atoms. The van der Waals surface area contributed by atoms with Gasteiger partial charge in [-0.1, -0.05) is 13.8 Å². The van der Waals surface area contributed by atoms with Crippen molar-refractivity contribution in [2.45, 2.75) is 52.0 Å². The van der Waals surface area contributed by atoms with Crippen LogP contribution in [0.4, 0.5) is 0 Å². The summed E-state index contributed by atoms with van der Waals surface area (Å²) in [5, 5.41) is 14.4. The van der Waals surface area contributed by atoms with Crippen LogP contribution in [0.5, 0.6) is 0 Å². The quantitative estimate of drug-likeness (QED) is 0.659. The Morgan fingerprint density at radius 3 is 2.72 bits per heavy atom. The fraction of sp³-hybridized carbons (Fsp3) is 0.667. The largest absolute Gasteiger partial charge is 0.494 e. The summed E-state index contributed by atoms with van der Waals surface area (Å²) in [5.41, 5.74) is 1.12. The van der Waals surface area contributed by atoms with Crippen LogP contribution in [0.1, 0.15) is 46.0 Å². The Balaban J connectivity index is 1.38. The summed E-state index contributed by atoms with van der Waals surface area (Å²) in [6.07, 6.45) is 10.0. The average Bonchev–Trinajstić information content (AvgIpc) is 3.42. The highest BCUT2D eigenvalue weighted by atomic mass is 16.5. The van der Waals surface area contributed by atoms with E-state index in [0.29, 0.717) is 30.9 Å². The molecule has 1 aliphatic carbocycles. The van der Waals surface area contributed by atoms with Crippen LogP contribution in [0.3, 0.4) is 0 Å². The highest BCUT2D eigenvalue weighted by Crippen LogP contribution is 2.41. The number of hydrogen-bond acceptors (Lipinski definition) is 6. The number of carbonyl (C=O) groups is 2. The highest BCUT2D eigenvalue weighted by molar-refractivity contribution is 5.91. The summed E-state index contributed by atoms with van der Waals surface area (Å²) in [6, 6.07) is 0.344. The molecule has 1 saturated carbocycles. The van der Waals surface area contributed by atoms with Crippen molar-refractivity contribution in [2.75, 3.05) is 39.4 Å². The van der Waals surface area contributed by atoms with E-state index < -0.39 is 0 Å². The molecule has 174 valence electrons. The molecular weight excluding hydrogens is 408 g/mol. The van der Waals surface area contributed by atoms with E-state index in [2.05, 4.69) is 18.9 Å². The molecule has 4 heterocycles. The molecule has 3 fully saturated rings. The standard InChI is InChI=1S/C24H34N4O4/c1-17(2)14-26-21(30)13-22(31)28-23(26)18(15-27(28)19-4-5-19)3-6-20(29)25-10-7-24(16-25)8-11-32-12-9-24/h3,6,13,17,19,30H,4-5,7-12,14-16H2,1-2H3/b6-3+. The van der Waals surface area contributed by atoms with Crippen molar-refractivity contribution < 1.29 is 19.4 Å². The monoisotopic (exact) mass is 442 g/mol. The second kappa shape index (κ2) is 8.23. The number of hydrogen-bond donors (Lipinski definition) is 1. The van der Waals surface area contributed by atoms with Gasteiger partial charge in [0, 0.05) is 57.1 Å². The lowest BCUT2D eigenvalue weighted by Crippen LogP contribution is -2.49. The third-order valence-electron chi connectivity index (χ3n) is 7.32. The Morgan fingerprint density at radius 2 is 2.03 bits per heavy atom. The van der Waals surface area contributed by atoms with Crippen LogP contribution in [0.15, 0.2) is 35.5 Å². The van der Waals surface area contributed by atoms with Crippen LogP contribution < -0.4 is 0 Å². The van der Waals surface area contributed by atoms with Crippen molar-refractivity contribution >= 4 is 11.8 Å². The molecule has 0 bridgehead atoms. The molecule has 32 heavy (non-hydrogen) atoms. The van der Waals surface area contributed by atoms with Crippen molar-refractivity contribution in [3.8, 4) is 0 Å². The third kappa shape index (κ3) is 3.94.